The number of hydrogen-bond donors (Lipinski definition) is 1. The first-order valence-electron chi connectivity index (χ1n) is 6.43. The Hall–Kier alpha value is -2.23. The lowest BCUT2D eigenvalue weighted by Gasteiger charge is -2.00. The molecule has 0 saturated carbocycles. The minimum Gasteiger partial charge on any atom is -0.342 e. The van der Waals surface area contributed by atoms with E-state index in [1.807, 2.05) is 19.9 Å². The van der Waals surface area contributed by atoms with Gasteiger partial charge >= 0.3 is 0 Å². The van der Waals surface area contributed by atoms with Crippen molar-refractivity contribution in [1.29, 1.82) is 0 Å². The molecule has 0 amide bonds. The fourth-order valence-electron chi connectivity index (χ4n) is 2.45. The topological polar surface area (TPSA) is 28.7 Å². The monoisotopic (exact) mass is 272 g/mol. The molecule has 0 atom stereocenters. The van der Waals surface area contributed by atoms with Crippen LogP contribution in [0.1, 0.15) is 22.5 Å². The molecule has 0 saturated heterocycles. The molecule has 3 aromatic rings. The number of nitrogens with one attached hydrogen (secondary N) is 1. The number of fused-ring (bicyclic) bond motifs is 1. The lowest BCUT2D eigenvalue weighted by Crippen LogP contribution is -1.95. The molecule has 1 N–H and O–H groups in total. The van der Waals surface area contributed by atoms with Gasteiger partial charge in [-0.2, -0.15) is 0 Å². The molecular formula is C16H14F2N2. The van der Waals surface area contributed by atoms with Crippen molar-refractivity contribution >= 4 is 11.0 Å². The van der Waals surface area contributed by atoms with E-state index < -0.39 is 11.6 Å². The summed E-state index contributed by atoms with van der Waals surface area (Å²) >= 11 is 0. The van der Waals surface area contributed by atoms with E-state index in [1.165, 1.54) is 12.1 Å². The summed E-state index contributed by atoms with van der Waals surface area (Å²) in [6, 6.07) is 7.69. The molecule has 2 aromatic carbocycles. The molecule has 1 aromatic heterocycles. The fraction of sp³-hybridized carbons (Fsp3) is 0.188. The first-order valence-corrected chi connectivity index (χ1v) is 6.43. The summed E-state index contributed by atoms with van der Waals surface area (Å²) in [5.74, 6) is -0.431. The van der Waals surface area contributed by atoms with E-state index in [1.54, 1.807) is 0 Å². The van der Waals surface area contributed by atoms with Crippen LogP contribution >= 0.6 is 0 Å². The minimum absolute atomic E-state index is 0.319. The SMILES string of the molecule is Cc1cc(C)c2nc(Cc3ccc(F)cc3F)[nH]c2c1. The highest BCUT2D eigenvalue weighted by atomic mass is 19.1. The molecule has 0 aliphatic rings. The zero-order chi connectivity index (χ0) is 14.3. The smallest absolute Gasteiger partial charge is 0.129 e. The molecule has 0 bridgehead atoms. The summed E-state index contributed by atoms with van der Waals surface area (Å²) in [7, 11) is 0. The van der Waals surface area contributed by atoms with E-state index >= 15 is 0 Å². The molecule has 0 aliphatic carbocycles. The van der Waals surface area contributed by atoms with Gasteiger partial charge in [-0.15, -0.1) is 0 Å². The lowest BCUT2D eigenvalue weighted by molar-refractivity contribution is 0.574. The van der Waals surface area contributed by atoms with Crippen molar-refractivity contribution in [2.45, 2.75) is 20.3 Å². The van der Waals surface area contributed by atoms with E-state index in [0.29, 0.717) is 17.8 Å². The Bertz CT molecular complexity index is 791. The molecule has 102 valence electrons. The summed E-state index contributed by atoms with van der Waals surface area (Å²) in [5, 5.41) is 0. The number of benzene rings is 2. The summed E-state index contributed by atoms with van der Waals surface area (Å²) in [4.78, 5) is 7.69. The van der Waals surface area contributed by atoms with E-state index in [0.717, 1.165) is 28.2 Å². The van der Waals surface area contributed by atoms with Crippen molar-refractivity contribution < 1.29 is 8.78 Å². The number of H-pyrrole nitrogens is 1. The third-order valence-corrected chi connectivity index (χ3v) is 3.34. The number of nitrogens with zero attached hydrogens (tertiary/aromatic N) is 1. The molecule has 0 fully saturated rings. The third kappa shape index (κ3) is 2.29. The van der Waals surface area contributed by atoms with Gasteiger partial charge in [0.05, 0.1) is 11.0 Å². The van der Waals surface area contributed by atoms with Crippen LogP contribution in [0.25, 0.3) is 11.0 Å². The molecular weight excluding hydrogens is 258 g/mol. The van der Waals surface area contributed by atoms with Gasteiger partial charge in [0.2, 0.25) is 0 Å². The van der Waals surface area contributed by atoms with Gasteiger partial charge < -0.3 is 4.98 Å². The first-order chi connectivity index (χ1) is 9.52. The number of rotatable bonds is 2. The van der Waals surface area contributed by atoms with Crippen LogP contribution in [0.5, 0.6) is 0 Å². The van der Waals surface area contributed by atoms with E-state index in [9.17, 15) is 8.78 Å². The lowest BCUT2D eigenvalue weighted by atomic mass is 10.1. The zero-order valence-electron chi connectivity index (χ0n) is 11.3. The van der Waals surface area contributed by atoms with Gasteiger partial charge in [0.15, 0.2) is 0 Å². The van der Waals surface area contributed by atoms with Crippen molar-refractivity contribution in [3.05, 3.63) is 64.5 Å². The molecule has 0 aliphatic heterocycles. The van der Waals surface area contributed by atoms with Gasteiger partial charge in [-0.05, 0) is 42.7 Å². The van der Waals surface area contributed by atoms with Gasteiger partial charge in [-0.1, -0.05) is 12.1 Å². The number of hydrogen-bond acceptors (Lipinski definition) is 1. The number of halogens is 2. The van der Waals surface area contributed by atoms with Crippen LogP contribution in [0.2, 0.25) is 0 Å². The van der Waals surface area contributed by atoms with Crippen LogP contribution in [0.3, 0.4) is 0 Å². The van der Waals surface area contributed by atoms with Crippen LogP contribution < -0.4 is 0 Å². The Labute approximate surface area is 115 Å². The zero-order valence-corrected chi connectivity index (χ0v) is 11.3. The maximum atomic E-state index is 13.7. The highest BCUT2D eigenvalue weighted by Gasteiger charge is 2.10. The highest BCUT2D eigenvalue weighted by molar-refractivity contribution is 5.79. The van der Waals surface area contributed by atoms with Crippen LogP contribution in [0.4, 0.5) is 8.78 Å². The van der Waals surface area contributed by atoms with E-state index in [-0.39, 0.29) is 0 Å². The predicted octanol–water partition coefficient (Wildman–Crippen LogP) is 4.05. The number of aromatic nitrogens is 2. The van der Waals surface area contributed by atoms with Crippen LogP contribution in [0.15, 0.2) is 30.3 Å². The molecule has 20 heavy (non-hydrogen) atoms. The van der Waals surface area contributed by atoms with Gasteiger partial charge in [0.25, 0.3) is 0 Å². The van der Waals surface area contributed by atoms with E-state index in [2.05, 4.69) is 16.0 Å². The summed E-state index contributed by atoms with van der Waals surface area (Å²) in [6.45, 7) is 4.02. The second-order valence-electron chi connectivity index (χ2n) is 5.07. The van der Waals surface area contributed by atoms with Gasteiger partial charge in [-0.25, -0.2) is 13.8 Å². The Balaban J connectivity index is 2.01. The Morgan fingerprint density at radius 2 is 1.90 bits per heavy atom. The standard InChI is InChI=1S/C16H14F2N2/c1-9-5-10(2)16-14(6-9)19-15(20-16)7-11-3-4-12(17)8-13(11)18/h3-6,8H,7H2,1-2H3,(H,19,20). The summed E-state index contributed by atoms with van der Waals surface area (Å²) in [6.07, 6.45) is 0.319. The molecule has 1 heterocycles. The molecule has 0 radical (unpaired) electrons. The van der Waals surface area contributed by atoms with Crippen molar-refractivity contribution in [1.82, 2.24) is 9.97 Å². The minimum atomic E-state index is -0.567. The van der Waals surface area contributed by atoms with E-state index in [4.69, 9.17) is 0 Å². The van der Waals surface area contributed by atoms with Crippen LogP contribution in [-0.4, -0.2) is 9.97 Å². The van der Waals surface area contributed by atoms with Crippen LogP contribution in [-0.2, 0) is 6.42 Å². The third-order valence-electron chi connectivity index (χ3n) is 3.34. The normalized spacial score (nSPS) is 11.2. The molecule has 0 spiro atoms. The molecule has 2 nitrogen and oxygen atoms in total. The number of aryl methyl sites for hydroxylation is 2. The van der Waals surface area contributed by atoms with Crippen molar-refractivity contribution in [2.75, 3.05) is 0 Å². The highest BCUT2D eigenvalue weighted by Crippen LogP contribution is 2.20. The van der Waals surface area contributed by atoms with Gasteiger partial charge in [0.1, 0.15) is 17.5 Å². The van der Waals surface area contributed by atoms with Crippen molar-refractivity contribution in [2.24, 2.45) is 0 Å². The van der Waals surface area contributed by atoms with Crippen molar-refractivity contribution in [3.8, 4) is 0 Å². The van der Waals surface area contributed by atoms with Crippen LogP contribution in [0, 0.1) is 25.5 Å². The predicted molar refractivity (Wildman–Crippen MR) is 74.7 cm³/mol. The average Bonchev–Trinajstić information content (AvgIpc) is 2.75. The molecule has 3 rings (SSSR count). The Kier molecular flexibility index (Phi) is 3.01. The van der Waals surface area contributed by atoms with Gasteiger partial charge in [0, 0.05) is 12.5 Å². The maximum Gasteiger partial charge on any atom is 0.129 e. The number of aromatic amines is 1. The molecule has 4 heteroatoms. The van der Waals surface area contributed by atoms with Crippen molar-refractivity contribution in [3.63, 3.8) is 0 Å². The molecule has 0 unspecified atom stereocenters. The largest absolute Gasteiger partial charge is 0.342 e. The second-order valence-corrected chi connectivity index (χ2v) is 5.07. The first kappa shape index (κ1) is 12.8. The number of imidazole rings is 1. The summed E-state index contributed by atoms with van der Waals surface area (Å²) in [5.41, 5.74) is 4.51. The maximum absolute atomic E-state index is 13.7. The second kappa shape index (κ2) is 4.71. The van der Waals surface area contributed by atoms with Gasteiger partial charge in [-0.3, -0.25) is 0 Å². The average molecular weight is 272 g/mol. The fourth-order valence-corrected chi connectivity index (χ4v) is 2.45. The summed E-state index contributed by atoms with van der Waals surface area (Å²) < 4.78 is 26.5. The quantitative estimate of drug-likeness (QED) is 0.749. The Morgan fingerprint density at radius 1 is 1.10 bits per heavy atom. The Morgan fingerprint density at radius 3 is 2.65 bits per heavy atom.